The van der Waals surface area contributed by atoms with Crippen LogP contribution in [0, 0.1) is 6.92 Å². The van der Waals surface area contributed by atoms with Gasteiger partial charge in [0.2, 0.25) is 0 Å². The lowest BCUT2D eigenvalue weighted by Crippen LogP contribution is -2.19. The lowest BCUT2D eigenvalue weighted by atomic mass is 10.2. The van der Waals surface area contributed by atoms with Gasteiger partial charge in [0.05, 0.1) is 0 Å². The van der Waals surface area contributed by atoms with Crippen molar-refractivity contribution in [2.45, 2.75) is 6.92 Å². The van der Waals surface area contributed by atoms with Crippen LogP contribution in [0.25, 0.3) is 0 Å². The van der Waals surface area contributed by atoms with Crippen LogP contribution in [-0.4, -0.2) is 6.03 Å². The number of carbonyl (C=O) groups excluding carboxylic acids is 1. The number of carbonyl (C=O) groups is 1. The molecule has 3 N–H and O–H groups in total. The first-order valence-electron chi connectivity index (χ1n) is 7.76. The summed E-state index contributed by atoms with van der Waals surface area (Å²) in [6, 6.07) is 24.9. The van der Waals surface area contributed by atoms with Crippen LogP contribution in [0.3, 0.4) is 0 Å². The SMILES string of the molecule is Cc1ccc(Nc2ccc(NC(=O)Nc3ccccc3)cc2)cc1. The van der Waals surface area contributed by atoms with E-state index in [0.29, 0.717) is 0 Å². The van der Waals surface area contributed by atoms with E-state index in [1.807, 2.05) is 66.7 Å². The number of benzene rings is 3. The van der Waals surface area contributed by atoms with Crippen molar-refractivity contribution >= 4 is 28.8 Å². The molecule has 0 aromatic heterocycles. The highest BCUT2D eigenvalue weighted by Crippen LogP contribution is 2.19. The fourth-order valence-corrected chi connectivity index (χ4v) is 2.26. The molecule has 0 bridgehead atoms. The summed E-state index contributed by atoms with van der Waals surface area (Å²) in [7, 11) is 0. The molecule has 0 fully saturated rings. The Balaban J connectivity index is 1.58. The summed E-state index contributed by atoms with van der Waals surface area (Å²) in [5.41, 5.74) is 4.71. The maximum absolute atomic E-state index is 12.0. The summed E-state index contributed by atoms with van der Waals surface area (Å²) in [6.07, 6.45) is 0. The minimum Gasteiger partial charge on any atom is -0.356 e. The third-order valence-corrected chi connectivity index (χ3v) is 3.51. The molecule has 120 valence electrons. The van der Waals surface area contributed by atoms with Gasteiger partial charge in [0.1, 0.15) is 0 Å². The Kier molecular flexibility index (Phi) is 4.77. The molecule has 0 saturated heterocycles. The highest BCUT2D eigenvalue weighted by Gasteiger charge is 2.02. The molecule has 3 aromatic carbocycles. The zero-order chi connectivity index (χ0) is 16.8. The molecule has 4 heteroatoms. The molecule has 0 aliphatic rings. The zero-order valence-electron chi connectivity index (χ0n) is 13.4. The van der Waals surface area contributed by atoms with Crippen LogP contribution >= 0.6 is 0 Å². The van der Waals surface area contributed by atoms with Gasteiger partial charge in [0.15, 0.2) is 0 Å². The maximum atomic E-state index is 12.0. The molecular formula is C20H19N3O. The molecule has 0 spiro atoms. The summed E-state index contributed by atoms with van der Waals surface area (Å²) in [5, 5.41) is 8.92. The number of amides is 2. The number of hydrogen-bond donors (Lipinski definition) is 3. The fourth-order valence-electron chi connectivity index (χ4n) is 2.26. The van der Waals surface area contributed by atoms with Crippen molar-refractivity contribution in [3.8, 4) is 0 Å². The number of para-hydroxylation sites is 1. The lowest BCUT2D eigenvalue weighted by molar-refractivity contribution is 0.262. The Labute approximate surface area is 141 Å². The van der Waals surface area contributed by atoms with Gasteiger partial charge in [-0.15, -0.1) is 0 Å². The van der Waals surface area contributed by atoms with Crippen LogP contribution < -0.4 is 16.0 Å². The molecule has 24 heavy (non-hydrogen) atoms. The molecule has 4 nitrogen and oxygen atoms in total. The van der Waals surface area contributed by atoms with Crippen LogP contribution in [0.2, 0.25) is 0 Å². The van der Waals surface area contributed by atoms with Crippen molar-refractivity contribution < 1.29 is 4.79 Å². The predicted octanol–water partition coefficient (Wildman–Crippen LogP) is 5.38. The second-order valence-corrected chi connectivity index (χ2v) is 5.51. The number of rotatable bonds is 4. The highest BCUT2D eigenvalue weighted by molar-refractivity contribution is 5.99. The molecule has 0 heterocycles. The van der Waals surface area contributed by atoms with E-state index in [1.165, 1.54) is 5.56 Å². The van der Waals surface area contributed by atoms with Gasteiger partial charge in [-0.05, 0) is 55.5 Å². The normalized spacial score (nSPS) is 10.0. The van der Waals surface area contributed by atoms with Crippen LogP contribution in [0.15, 0.2) is 78.9 Å². The van der Waals surface area contributed by atoms with E-state index in [-0.39, 0.29) is 6.03 Å². The molecule has 0 aliphatic carbocycles. The predicted molar refractivity (Wildman–Crippen MR) is 100.0 cm³/mol. The van der Waals surface area contributed by atoms with Crippen molar-refractivity contribution in [1.29, 1.82) is 0 Å². The van der Waals surface area contributed by atoms with Crippen molar-refractivity contribution in [2.75, 3.05) is 16.0 Å². The molecule has 3 aromatic rings. The molecule has 3 rings (SSSR count). The van der Waals surface area contributed by atoms with Gasteiger partial charge in [-0.1, -0.05) is 35.9 Å². The Morgan fingerprint density at radius 3 is 1.67 bits per heavy atom. The average Bonchev–Trinajstić information content (AvgIpc) is 2.59. The summed E-state index contributed by atoms with van der Waals surface area (Å²) in [6.45, 7) is 2.06. The van der Waals surface area contributed by atoms with Gasteiger partial charge >= 0.3 is 6.03 Å². The van der Waals surface area contributed by atoms with Gasteiger partial charge in [-0.3, -0.25) is 0 Å². The van der Waals surface area contributed by atoms with Crippen LogP contribution in [0.1, 0.15) is 5.56 Å². The summed E-state index contributed by atoms with van der Waals surface area (Å²) >= 11 is 0. The molecule has 0 aliphatic heterocycles. The first-order chi connectivity index (χ1) is 11.7. The minimum atomic E-state index is -0.263. The van der Waals surface area contributed by atoms with E-state index in [1.54, 1.807) is 0 Å². The van der Waals surface area contributed by atoms with E-state index in [9.17, 15) is 4.79 Å². The molecule has 2 amide bonds. The summed E-state index contributed by atoms with van der Waals surface area (Å²) < 4.78 is 0. The molecule has 0 radical (unpaired) electrons. The van der Waals surface area contributed by atoms with Crippen LogP contribution in [-0.2, 0) is 0 Å². The fraction of sp³-hybridized carbons (Fsp3) is 0.0500. The first-order valence-corrected chi connectivity index (χ1v) is 7.76. The van der Waals surface area contributed by atoms with Gasteiger partial charge in [0, 0.05) is 22.7 Å². The van der Waals surface area contributed by atoms with Crippen molar-refractivity contribution in [1.82, 2.24) is 0 Å². The monoisotopic (exact) mass is 317 g/mol. The molecular weight excluding hydrogens is 298 g/mol. The van der Waals surface area contributed by atoms with Crippen molar-refractivity contribution in [2.24, 2.45) is 0 Å². The molecule has 0 saturated carbocycles. The Morgan fingerprint density at radius 2 is 1.08 bits per heavy atom. The van der Waals surface area contributed by atoms with Gasteiger partial charge < -0.3 is 16.0 Å². The van der Waals surface area contributed by atoms with Gasteiger partial charge in [-0.2, -0.15) is 0 Å². The second-order valence-electron chi connectivity index (χ2n) is 5.51. The van der Waals surface area contributed by atoms with E-state index < -0.39 is 0 Å². The minimum absolute atomic E-state index is 0.263. The number of urea groups is 1. The average molecular weight is 317 g/mol. The highest BCUT2D eigenvalue weighted by atomic mass is 16.2. The second kappa shape index (κ2) is 7.33. The number of aryl methyl sites for hydroxylation is 1. The Hall–Kier alpha value is -3.27. The number of nitrogens with one attached hydrogen (secondary N) is 3. The zero-order valence-corrected chi connectivity index (χ0v) is 13.4. The van der Waals surface area contributed by atoms with E-state index >= 15 is 0 Å². The number of hydrogen-bond acceptors (Lipinski definition) is 2. The lowest BCUT2D eigenvalue weighted by Gasteiger charge is -2.10. The van der Waals surface area contributed by atoms with Crippen molar-refractivity contribution in [3.63, 3.8) is 0 Å². The third kappa shape index (κ3) is 4.36. The summed E-state index contributed by atoms with van der Waals surface area (Å²) in [4.78, 5) is 12.0. The van der Waals surface area contributed by atoms with Crippen molar-refractivity contribution in [3.05, 3.63) is 84.4 Å². The van der Waals surface area contributed by atoms with Gasteiger partial charge in [0.25, 0.3) is 0 Å². The Bertz CT molecular complexity index is 797. The molecule has 0 atom stereocenters. The topological polar surface area (TPSA) is 53.2 Å². The largest absolute Gasteiger partial charge is 0.356 e. The number of anilines is 4. The first kappa shape index (κ1) is 15.6. The van der Waals surface area contributed by atoms with E-state index in [2.05, 4.69) is 35.0 Å². The smallest absolute Gasteiger partial charge is 0.323 e. The third-order valence-electron chi connectivity index (χ3n) is 3.51. The summed E-state index contributed by atoms with van der Waals surface area (Å²) in [5.74, 6) is 0. The van der Waals surface area contributed by atoms with Crippen LogP contribution in [0.5, 0.6) is 0 Å². The standard InChI is InChI=1S/C20H19N3O/c1-15-7-9-17(10-8-15)21-18-11-13-19(14-12-18)23-20(24)22-16-5-3-2-4-6-16/h2-14,21H,1H3,(H2,22,23,24). The van der Waals surface area contributed by atoms with Gasteiger partial charge in [-0.25, -0.2) is 4.79 Å². The van der Waals surface area contributed by atoms with E-state index in [0.717, 1.165) is 22.7 Å². The Morgan fingerprint density at radius 1 is 0.625 bits per heavy atom. The quantitative estimate of drug-likeness (QED) is 0.605. The maximum Gasteiger partial charge on any atom is 0.323 e. The van der Waals surface area contributed by atoms with Crippen LogP contribution in [0.4, 0.5) is 27.5 Å². The molecule has 0 unspecified atom stereocenters. The van der Waals surface area contributed by atoms with E-state index in [4.69, 9.17) is 0 Å².